The Labute approximate surface area is 203 Å². The summed E-state index contributed by atoms with van der Waals surface area (Å²) in [7, 11) is 0. The van der Waals surface area contributed by atoms with E-state index in [2.05, 4.69) is 41.8 Å². The summed E-state index contributed by atoms with van der Waals surface area (Å²) >= 11 is 3.45. The molecule has 4 aromatic rings. The van der Waals surface area contributed by atoms with Gasteiger partial charge in [-0.15, -0.1) is 0 Å². The molecule has 2 aromatic carbocycles. The summed E-state index contributed by atoms with van der Waals surface area (Å²) in [5.74, 6) is 0.452. The lowest BCUT2D eigenvalue weighted by Gasteiger charge is -2.28. The van der Waals surface area contributed by atoms with E-state index in [0.717, 1.165) is 70.7 Å². The standard InChI is InChI=1S/C26H20BrF3N4/c27-22-8-4-18(5-9-22)23-10-1-17(13-31-23)15-34-12-11-24-20(16-34)14-32-25(33-24)19-2-6-21(7-3-19)26(28,29)30/h1-10,13-14H,11-12,15-16H2. The molecule has 172 valence electrons. The number of pyridine rings is 1. The van der Waals surface area contributed by atoms with Crippen LogP contribution in [0.5, 0.6) is 0 Å². The van der Waals surface area contributed by atoms with E-state index in [1.165, 1.54) is 12.1 Å². The monoisotopic (exact) mass is 524 g/mol. The Morgan fingerprint density at radius 1 is 0.853 bits per heavy atom. The normalized spacial score (nSPS) is 14.1. The number of rotatable bonds is 4. The van der Waals surface area contributed by atoms with Crippen molar-refractivity contribution >= 4 is 15.9 Å². The van der Waals surface area contributed by atoms with Gasteiger partial charge >= 0.3 is 6.18 Å². The summed E-state index contributed by atoms with van der Waals surface area (Å²) in [6, 6.07) is 17.2. The van der Waals surface area contributed by atoms with Crippen molar-refractivity contribution in [3.8, 4) is 22.6 Å². The molecule has 5 rings (SSSR count). The van der Waals surface area contributed by atoms with Crippen molar-refractivity contribution in [2.45, 2.75) is 25.7 Å². The first-order valence-corrected chi connectivity index (χ1v) is 11.6. The summed E-state index contributed by atoms with van der Waals surface area (Å²) in [6.07, 6.45) is 0.108. The number of alkyl halides is 3. The molecule has 1 aliphatic heterocycles. The van der Waals surface area contributed by atoms with Gasteiger partial charge in [-0.05, 0) is 35.9 Å². The van der Waals surface area contributed by atoms with Crippen molar-refractivity contribution in [2.24, 2.45) is 0 Å². The van der Waals surface area contributed by atoms with Crippen LogP contribution in [0, 0.1) is 0 Å². The maximum atomic E-state index is 12.8. The van der Waals surface area contributed by atoms with E-state index in [9.17, 15) is 13.2 Å². The Morgan fingerprint density at radius 2 is 1.59 bits per heavy atom. The van der Waals surface area contributed by atoms with Gasteiger partial charge in [0.2, 0.25) is 0 Å². The molecular weight excluding hydrogens is 505 g/mol. The van der Waals surface area contributed by atoms with E-state index >= 15 is 0 Å². The largest absolute Gasteiger partial charge is 0.416 e. The van der Waals surface area contributed by atoms with Gasteiger partial charge in [-0.2, -0.15) is 13.2 Å². The van der Waals surface area contributed by atoms with Crippen molar-refractivity contribution < 1.29 is 13.2 Å². The molecule has 0 unspecified atom stereocenters. The van der Waals surface area contributed by atoms with Gasteiger partial charge in [0.15, 0.2) is 5.82 Å². The van der Waals surface area contributed by atoms with Crippen LogP contribution in [0.25, 0.3) is 22.6 Å². The summed E-state index contributed by atoms with van der Waals surface area (Å²) in [5, 5.41) is 0. The number of hydrogen-bond acceptors (Lipinski definition) is 4. The highest BCUT2D eigenvalue weighted by atomic mass is 79.9. The molecular formula is C26H20BrF3N4. The molecule has 0 bridgehead atoms. The SMILES string of the molecule is FC(F)(F)c1ccc(-c2ncc3c(n2)CCN(Cc2ccc(-c4ccc(Br)cc4)nc2)C3)cc1. The lowest BCUT2D eigenvalue weighted by atomic mass is 10.1. The van der Waals surface area contributed by atoms with Crippen molar-refractivity contribution in [3.63, 3.8) is 0 Å². The van der Waals surface area contributed by atoms with Crippen LogP contribution >= 0.6 is 15.9 Å². The number of benzene rings is 2. The van der Waals surface area contributed by atoms with E-state index in [4.69, 9.17) is 0 Å². The Balaban J connectivity index is 1.25. The highest BCUT2D eigenvalue weighted by molar-refractivity contribution is 9.10. The fourth-order valence-electron chi connectivity index (χ4n) is 4.02. The molecule has 2 aromatic heterocycles. The molecule has 0 N–H and O–H groups in total. The van der Waals surface area contributed by atoms with E-state index in [1.54, 1.807) is 6.20 Å². The van der Waals surface area contributed by atoms with E-state index in [-0.39, 0.29) is 0 Å². The lowest BCUT2D eigenvalue weighted by molar-refractivity contribution is -0.137. The first kappa shape index (κ1) is 22.7. The summed E-state index contributed by atoms with van der Waals surface area (Å²) < 4.78 is 39.5. The fourth-order valence-corrected chi connectivity index (χ4v) is 4.29. The topological polar surface area (TPSA) is 41.9 Å². The molecule has 0 fully saturated rings. The second-order valence-electron chi connectivity index (χ2n) is 8.26. The molecule has 8 heteroatoms. The second-order valence-corrected chi connectivity index (χ2v) is 9.18. The molecule has 0 saturated heterocycles. The number of fused-ring (bicyclic) bond motifs is 1. The zero-order valence-corrected chi connectivity index (χ0v) is 19.6. The molecule has 34 heavy (non-hydrogen) atoms. The van der Waals surface area contributed by atoms with Gasteiger partial charge in [0.05, 0.1) is 17.0 Å². The molecule has 1 aliphatic rings. The van der Waals surface area contributed by atoms with Gasteiger partial charge in [0.25, 0.3) is 0 Å². The quantitative estimate of drug-likeness (QED) is 0.303. The van der Waals surface area contributed by atoms with Crippen molar-refractivity contribution in [1.82, 2.24) is 19.9 Å². The van der Waals surface area contributed by atoms with Crippen LogP contribution in [0.3, 0.4) is 0 Å². The van der Waals surface area contributed by atoms with Gasteiger partial charge < -0.3 is 0 Å². The molecule has 3 heterocycles. The van der Waals surface area contributed by atoms with Crippen LogP contribution in [-0.4, -0.2) is 26.4 Å². The van der Waals surface area contributed by atoms with E-state index < -0.39 is 11.7 Å². The Morgan fingerprint density at radius 3 is 2.26 bits per heavy atom. The maximum Gasteiger partial charge on any atom is 0.416 e. The van der Waals surface area contributed by atoms with Crippen molar-refractivity contribution in [3.05, 3.63) is 99.9 Å². The molecule has 0 radical (unpaired) electrons. The molecule has 0 amide bonds. The van der Waals surface area contributed by atoms with Gasteiger partial charge in [0.1, 0.15) is 0 Å². The third kappa shape index (κ3) is 5.03. The number of halogens is 4. The number of nitrogens with zero attached hydrogens (tertiary/aromatic N) is 4. The zero-order valence-electron chi connectivity index (χ0n) is 18.1. The lowest BCUT2D eigenvalue weighted by Crippen LogP contribution is -2.31. The minimum atomic E-state index is -4.35. The van der Waals surface area contributed by atoms with Crippen LogP contribution in [-0.2, 0) is 25.7 Å². The first-order chi connectivity index (χ1) is 16.3. The van der Waals surface area contributed by atoms with Crippen LogP contribution in [0.15, 0.2) is 77.5 Å². The minimum absolute atomic E-state index is 0.452. The third-order valence-electron chi connectivity index (χ3n) is 5.85. The van der Waals surface area contributed by atoms with E-state index in [1.807, 2.05) is 36.5 Å². The molecule has 0 aliphatic carbocycles. The van der Waals surface area contributed by atoms with Crippen molar-refractivity contribution in [2.75, 3.05) is 6.54 Å². The first-order valence-electron chi connectivity index (χ1n) is 10.8. The number of hydrogen-bond donors (Lipinski definition) is 0. The predicted molar refractivity (Wildman–Crippen MR) is 128 cm³/mol. The van der Waals surface area contributed by atoms with Gasteiger partial charge in [0, 0.05) is 59.6 Å². The Kier molecular flexibility index (Phi) is 6.18. The van der Waals surface area contributed by atoms with Gasteiger partial charge in [-0.3, -0.25) is 9.88 Å². The minimum Gasteiger partial charge on any atom is -0.294 e. The van der Waals surface area contributed by atoms with Crippen LogP contribution < -0.4 is 0 Å². The number of aromatic nitrogens is 3. The van der Waals surface area contributed by atoms with Crippen molar-refractivity contribution in [1.29, 1.82) is 0 Å². The van der Waals surface area contributed by atoms with Crippen LogP contribution in [0.4, 0.5) is 13.2 Å². The molecule has 4 nitrogen and oxygen atoms in total. The third-order valence-corrected chi connectivity index (χ3v) is 6.38. The summed E-state index contributed by atoms with van der Waals surface area (Å²) in [6.45, 7) is 2.33. The Hall–Kier alpha value is -3.10. The Bertz CT molecular complexity index is 1290. The maximum absolute atomic E-state index is 12.8. The molecule has 0 spiro atoms. The summed E-state index contributed by atoms with van der Waals surface area (Å²) in [4.78, 5) is 16.0. The highest BCUT2D eigenvalue weighted by Crippen LogP contribution is 2.31. The van der Waals surface area contributed by atoms with Crippen LogP contribution in [0.2, 0.25) is 0 Å². The predicted octanol–water partition coefficient (Wildman–Crippen LogP) is 6.55. The second kappa shape index (κ2) is 9.27. The van der Waals surface area contributed by atoms with E-state index in [0.29, 0.717) is 11.4 Å². The van der Waals surface area contributed by atoms with Gasteiger partial charge in [-0.25, -0.2) is 9.97 Å². The molecule has 0 saturated carbocycles. The summed E-state index contributed by atoms with van der Waals surface area (Å²) in [5.41, 5.74) is 5.03. The fraction of sp³-hybridized carbons (Fsp3) is 0.192. The average molecular weight is 525 g/mol. The molecule has 0 atom stereocenters. The van der Waals surface area contributed by atoms with Crippen LogP contribution in [0.1, 0.15) is 22.4 Å². The average Bonchev–Trinajstić information content (AvgIpc) is 2.84. The smallest absolute Gasteiger partial charge is 0.294 e. The zero-order chi connectivity index (χ0) is 23.7. The highest BCUT2D eigenvalue weighted by Gasteiger charge is 2.30. The van der Waals surface area contributed by atoms with Gasteiger partial charge in [-0.1, -0.05) is 46.3 Å².